The van der Waals surface area contributed by atoms with E-state index in [9.17, 15) is 5.11 Å². The second-order valence-corrected chi connectivity index (χ2v) is 11.7. The number of aliphatic hydroxyl groups is 1. The summed E-state index contributed by atoms with van der Waals surface area (Å²) in [6.45, 7) is 7.49. The summed E-state index contributed by atoms with van der Waals surface area (Å²) in [7, 11) is 1.66. The molecular formula is C39H48O4. The van der Waals surface area contributed by atoms with Gasteiger partial charge in [-0.25, -0.2) is 0 Å². The first-order valence-corrected chi connectivity index (χ1v) is 16.0. The van der Waals surface area contributed by atoms with E-state index in [0.717, 1.165) is 39.5 Å². The summed E-state index contributed by atoms with van der Waals surface area (Å²) in [5, 5.41) is 9.21. The van der Waals surface area contributed by atoms with E-state index in [4.69, 9.17) is 14.2 Å². The normalized spacial score (nSPS) is 16.3. The minimum absolute atomic E-state index is 0.0323. The second kappa shape index (κ2) is 17.6. The number of hydrogen-bond donors (Lipinski definition) is 1. The molecule has 3 aromatic rings. The highest BCUT2D eigenvalue weighted by Crippen LogP contribution is 2.38. The fraction of sp³-hybridized carbons (Fsp3) is 0.436. The number of methoxy groups -OCH3 is 1. The molecule has 43 heavy (non-hydrogen) atoms. The van der Waals surface area contributed by atoms with E-state index in [1.165, 1.54) is 56.9 Å². The number of unbranched alkanes of at least 4 members (excludes halogenated alkanes) is 2. The lowest BCUT2D eigenvalue weighted by molar-refractivity contribution is 0.146. The zero-order valence-corrected chi connectivity index (χ0v) is 26.1. The molecule has 0 amide bonds. The van der Waals surface area contributed by atoms with Gasteiger partial charge in [-0.2, -0.15) is 0 Å². The number of benzene rings is 3. The molecule has 0 bridgehead atoms. The van der Waals surface area contributed by atoms with E-state index in [-0.39, 0.29) is 6.61 Å². The molecule has 0 atom stereocenters. The van der Waals surface area contributed by atoms with E-state index in [0.29, 0.717) is 37.9 Å². The summed E-state index contributed by atoms with van der Waals surface area (Å²) in [5.41, 5.74) is 6.29. The van der Waals surface area contributed by atoms with Crippen LogP contribution in [0.2, 0.25) is 0 Å². The first kappa shape index (κ1) is 32.4. The summed E-state index contributed by atoms with van der Waals surface area (Å²) in [5.74, 6) is 9.74. The molecule has 0 unspecified atom stereocenters. The number of hydrogen-bond acceptors (Lipinski definition) is 4. The lowest BCUT2D eigenvalue weighted by Gasteiger charge is -2.29. The van der Waals surface area contributed by atoms with Crippen molar-refractivity contribution in [2.45, 2.75) is 70.6 Å². The Labute approximate surface area is 259 Å². The van der Waals surface area contributed by atoms with Gasteiger partial charge in [0, 0.05) is 30.7 Å². The van der Waals surface area contributed by atoms with Crippen molar-refractivity contribution in [1.29, 1.82) is 0 Å². The minimum Gasteiger partial charge on any atom is -0.493 e. The smallest absolute Gasteiger partial charge is 0.123 e. The molecule has 4 heteroatoms. The highest BCUT2D eigenvalue weighted by atomic mass is 16.5. The fourth-order valence-corrected chi connectivity index (χ4v) is 5.74. The molecule has 0 aliphatic heterocycles. The Kier molecular flexibility index (Phi) is 13.2. The van der Waals surface area contributed by atoms with Gasteiger partial charge in [-0.3, -0.25) is 0 Å². The fourth-order valence-electron chi connectivity index (χ4n) is 5.74. The first-order chi connectivity index (χ1) is 21.1. The highest BCUT2D eigenvalue weighted by molar-refractivity contribution is 5.68. The molecule has 0 heterocycles. The topological polar surface area (TPSA) is 47.9 Å². The Balaban J connectivity index is 1.37. The van der Waals surface area contributed by atoms with Crippen LogP contribution in [0, 0.1) is 17.8 Å². The SMILES string of the molecule is C=C(CO)CCOc1cc(OCCOC)cc(-c2ccc(C#Cc3ccc(C4CCC(CCCCC)CC4)cc3)cc2)c1. The Morgan fingerprint density at radius 2 is 1.42 bits per heavy atom. The third-order valence-corrected chi connectivity index (χ3v) is 8.40. The molecule has 1 aliphatic rings. The predicted molar refractivity (Wildman–Crippen MR) is 177 cm³/mol. The van der Waals surface area contributed by atoms with Gasteiger partial charge in [0.1, 0.15) is 18.1 Å². The van der Waals surface area contributed by atoms with Crippen molar-refractivity contribution in [3.05, 3.63) is 95.6 Å². The van der Waals surface area contributed by atoms with Gasteiger partial charge in [-0.1, -0.05) is 75.3 Å². The van der Waals surface area contributed by atoms with Gasteiger partial charge in [-0.15, -0.1) is 0 Å². The van der Waals surface area contributed by atoms with E-state index < -0.39 is 0 Å². The van der Waals surface area contributed by atoms with Crippen LogP contribution in [0.3, 0.4) is 0 Å². The molecule has 1 N–H and O–H groups in total. The molecule has 0 aromatic heterocycles. The summed E-state index contributed by atoms with van der Waals surface area (Å²) in [6.07, 6.45) is 11.5. The van der Waals surface area contributed by atoms with E-state index in [2.05, 4.69) is 73.9 Å². The molecule has 1 fully saturated rings. The Morgan fingerprint density at radius 1 is 0.791 bits per heavy atom. The van der Waals surface area contributed by atoms with Crippen LogP contribution < -0.4 is 9.47 Å². The molecule has 4 rings (SSSR count). The lowest BCUT2D eigenvalue weighted by Crippen LogP contribution is -2.13. The maximum Gasteiger partial charge on any atom is 0.123 e. The second-order valence-electron chi connectivity index (χ2n) is 11.7. The van der Waals surface area contributed by atoms with Crippen LogP contribution in [0.15, 0.2) is 78.9 Å². The van der Waals surface area contributed by atoms with Gasteiger partial charge in [0.25, 0.3) is 0 Å². The molecule has 3 aromatic carbocycles. The van der Waals surface area contributed by atoms with Crippen molar-refractivity contribution in [3.8, 4) is 34.5 Å². The van der Waals surface area contributed by atoms with Gasteiger partial charge in [-0.05, 0) is 96.2 Å². The molecular weight excluding hydrogens is 532 g/mol. The van der Waals surface area contributed by atoms with Crippen LogP contribution in [0.1, 0.15) is 87.3 Å². The number of rotatable bonds is 15. The largest absolute Gasteiger partial charge is 0.493 e. The highest BCUT2D eigenvalue weighted by Gasteiger charge is 2.21. The van der Waals surface area contributed by atoms with Crippen molar-refractivity contribution in [3.63, 3.8) is 0 Å². The van der Waals surface area contributed by atoms with Gasteiger partial charge >= 0.3 is 0 Å². The van der Waals surface area contributed by atoms with Crippen LogP contribution in [-0.4, -0.2) is 38.6 Å². The zero-order valence-electron chi connectivity index (χ0n) is 26.1. The van der Waals surface area contributed by atoms with Gasteiger partial charge in [0.05, 0.1) is 19.8 Å². The Morgan fingerprint density at radius 3 is 2.02 bits per heavy atom. The number of aliphatic hydroxyl groups excluding tert-OH is 1. The van der Waals surface area contributed by atoms with Crippen molar-refractivity contribution in [1.82, 2.24) is 0 Å². The van der Waals surface area contributed by atoms with Gasteiger partial charge in [0.15, 0.2) is 0 Å². The molecule has 1 aliphatic carbocycles. The standard InChI is InChI=1S/C39H48O4/c1-4-5-6-7-31-10-16-34(17-11-31)35-18-12-32(13-19-35)8-9-33-14-20-36(21-15-33)37-26-38(42-23-22-30(2)29-40)28-39(27-37)43-25-24-41-3/h12-15,18-21,26-28,31,34,40H,2,4-7,10-11,16-17,22-25,29H2,1,3H3. The summed E-state index contributed by atoms with van der Waals surface area (Å²) >= 11 is 0. The van der Waals surface area contributed by atoms with E-state index in [1.807, 2.05) is 18.2 Å². The maximum absolute atomic E-state index is 9.21. The van der Waals surface area contributed by atoms with Crippen LogP contribution >= 0.6 is 0 Å². The van der Waals surface area contributed by atoms with Gasteiger partial charge in [0.2, 0.25) is 0 Å². The van der Waals surface area contributed by atoms with Crippen molar-refractivity contribution < 1.29 is 19.3 Å². The van der Waals surface area contributed by atoms with Gasteiger partial charge < -0.3 is 19.3 Å². The summed E-state index contributed by atoms with van der Waals surface area (Å²) in [6, 6.07) is 23.1. The maximum atomic E-state index is 9.21. The van der Waals surface area contributed by atoms with Crippen molar-refractivity contribution in [2.24, 2.45) is 5.92 Å². The average Bonchev–Trinajstić information content (AvgIpc) is 3.05. The third-order valence-electron chi connectivity index (χ3n) is 8.40. The van der Waals surface area contributed by atoms with Crippen molar-refractivity contribution >= 4 is 0 Å². The van der Waals surface area contributed by atoms with E-state index >= 15 is 0 Å². The molecule has 1 saturated carbocycles. The molecule has 0 radical (unpaired) electrons. The Hall–Kier alpha value is -3.52. The Bertz CT molecular complexity index is 1320. The number of ether oxygens (including phenoxy) is 3. The van der Waals surface area contributed by atoms with Crippen molar-refractivity contribution in [2.75, 3.05) is 33.5 Å². The third kappa shape index (κ3) is 10.6. The summed E-state index contributed by atoms with van der Waals surface area (Å²) < 4.78 is 17.0. The molecule has 228 valence electrons. The quantitative estimate of drug-likeness (QED) is 0.111. The monoisotopic (exact) mass is 580 g/mol. The van der Waals surface area contributed by atoms with Crippen LogP contribution in [-0.2, 0) is 4.74 Å². The van der Waals surface area contributed by atoms with E-state index in [1.54, 1.807) is 7.11 Å². The first-order valence-electron chi connectivity index (χ1n) is 16.0. The summed E-state index contributed by atoms with van der Waals surface area (Å²) in [4.78, 5) is 0. The van der Waals surface area contributed by atoms with Crippen LogP contribution in [0.4, 0.5) is 0 Å². The predicted octanol–water partition coefficient (Wildman–Crippen LogP) is 8.95. The van der Waals surface area contributed by atoms with Crippen LogP contribution in [0.5, 0.6) is 11.5 Å². The molecule has 4 nitrogen and oxygen atoms in total. The lowest BCUT2D eigenvalue weighted by atomic mass is 9.77. The molecule has 0 saturated heterocycles. The minimum atomic E-state index is -0.0323. The molecule has 0 spiro atoms. The zero-order chi connectivity index (χ0) is 30.3. The van der Waals surface area contributed by atoms with Crippen LogP contribution in [0.25, 0.3) is 11.1 Å². The average molecular weight is 581 g/mol.